The Morgan fingerprint density at radius 3 is 2.70 bits per heavy atom. The van der Waals surface area contributed by atoms with Gasteiger partial charge in [-0.2, -0.15) is 0 Å². The van der Waals surface area contributed by atoms with Crippen molar-refractivity contribution < 1.29 is 4.79 Å². The molecule has 0 bridgehead atoms. The van der Waals surface area contributed by atoms with Gasteiger partial charge in [-0.15, -0.1) is 11.3 Å². The van der Waals surface area contributed by atoms with Gasteiger partial charge >= 0.3 is 0 Å². The summed E-state index contributed by atoms with van der Waals surface area (Å²) >= 11 is 7.44. The van der Waals surface area contributed by atoms with Gasteiger partial charge < -0.3 is 4.98 Å². The van der Waals surface area contributed by atoms with Crippen molar-refractivity contribution in [1.82, 2.24) is 9.97 Å². The van der Waals surface area contributed by atoms with E-state index in [0.29, 0.717) is 21.1 Å². The Hall–Kier alpha value is -2.18. The number of benzene rings is 1. The molecular formula is C16H14ClN3O2S. The Kier molecular flexibility index (Phi) is 3.95. The van der Waals surface area contributed by atoms with Crippen molar-refractivity contribution in [3.05, 3.63) is 55.3 Å². The van der Waals surface area contributed by atoms with Crippen molar-refractivity contribution in [2.45, 2.75) is 20.8 Å². The molecular weight excluding hydrogens is 334 g/mol. The number of carbonyl (C=O) groups is 1. The first-order valence-corrected chi connectivity index (χ1v) is 8.14. The Labute approximate surface area is 141 Å². The second-order valence-corrected chi connectivity index (χ2v) is 6.85. The van der Waals surface area contributed by atoms with Crippen molar-refractivity contribution >= 4 is 44.9 Å². The molecule has 3 aromatic rings. The highest BCUT2D eigenvalue weighted by atomic mass is 35.5. The topological polar surface area (TPSA) is 74.8 Å². The van der Waals surface area contributed by atoms with Crippen LogP contribution >= 0.6 is 22.9 Å². The van der Waals surface area contributed by atoms with Crippen molar-refractivity contribution in [3.63, 3.8) is 0 Å². The van der Waals surface area contributed by atoms with E-state index in [9.17, 15) is 9.59 Å². The predicted molar refractivity (Wildman–Crippen MR) is 93.9 cm³/mol. The molecule has 0 atom stereocenters. The van der Waals surface area contributed by atoms with Gasteiger partial charge in [0.1, 0.15) is 5.56 Å². The lowest BCUT2D eigenvalue weighted by Gasteiger charge is -2.06. The molecule has 2 aromatic heterocycles. The average Bonchev–Trinajstić information content (AvgIpc) is 2.81. The zero-order chi connectivity index (χ0) is 16.7. The molecule has 1 aromatic carbocycles. The van der Waals surface area contributed by atoms with Crippen LogP contribution in [0.1, 0.15) is 26.5 Å². The van der Waals surface area contributed by atoms with E-state index in [1.54, 1.807) is 12.1 Å². The number of nitrogens with zero attached hydrogens (tertiary/aromatic N) is 1. The van der Waals surface area contributed by atoms with E-state index >= 15 is 0 Å². The molecule has 2 heterocycles. The number of thiazole rings is 1. The lowest BCUT2D eigenvalue weighted by atomic mass is 10.1. The first kappa shape index (κ1) is 15.7. The number of H-pyrrole nitrogens is 1. The number of aryl methyl sites for hydroxylation is 3. The standard InChI is InChI=1S/C16H14ClN3O2S/c1-7-12(17)5-4-10-13(7)18-6-11(14(10)21)15(22)20-16-19-8(2)9(3)23-16/h4-6H,1-3H3,(H,18,21)(H,19,20,22). The van der Waals surface area contributed by atoms with Crippen LogP contribution in [0, 0.1) is 20.8 Å². The predicted octanol–water partition coefficient (Wildman–Crippen LogP) is 3.82. The number of hydrogen-bond donors (Lipinski definition) is 2. The molecule has 0 aliphatic rings. The van der Waals surface area contributed by atoms with Crippen molar-refractivity contribution in [1.29, 1.82) is 0 Å². The van der Waals surface area contributed by atoms with Gasteiger partial charge in [-0.3, -0.25) is 14.9 Å². The Morgan fingerprint density at radius 1 is 1.30 bits per heavy atom. The first-order chi connectivity index (χ1) is 10.9. The monoisotopic (exact) mass is 347 g/mol. The van der Waals surface area contributed by atoms with Crippen molar-refractivity contribution in [3.8, 4) is 0 Å². The maximum Gasteiger partial charge on any atom is 0.262 e. The van der Waals surface area contributed by atoms with Gasteiger partial charge in [0.25, 0.3) is 5.91 Å². The molecule has 0 unspecified atom stereocenters. The Morgan fingerprint density at radius 2 is 2.04 bits per heavy atom. The highest BCUT2D eigenvalue weighted by Gasteiger charge is 2.16. The van der Waals surface area contributed by atoms with E-state index in [1.165, 1.54) is 17.5 Å². The van der Waals surface area contributed by atoms with E-state index in [0.717, 1.165) is 16.1 Å². The maximum atomic E-state index is 12.6. The summed E-state index contributed by atoms with van der Waals surface area (Å²) in [4.78, 5) is 33.2. The van der Waals surface area contributed by atoms with Gasteiger partial charge in [-0.05, 0) is 38.5 Å². The van der Waals surface area contributed by atoms with Crippen LogP contribution in [-0.4, -0.2) is 15.9 Å². The zero-order valence-electron chi connectivity index (χ0n) is 12.8. The summed E-state index contributed by atoms with van der Waals surface area (Å²) in [7, 11) is 0. The summed E-state index contributed by atoms with van der Waals surface area (Å²) in [6, 6.07) is 3.28. The molecule has 7 heteroatoms. The zero-order valence-corrected chi connectivity index (χ0v) is 14.4. The second-order valence-electron chi connectivity index (χ2n) is 5.24. The van der Waals surface area contributed by atoms with Crippen LogP contribution in [0.25, 0.3) is 10.9 Å². The largest absolute Gasteiger partial charge is 0.360 e. The molecule has 0 saturated carbocycles. The SMILES string of the molecule is Cc1nc(NC(=O)c2c[nH]c3c(C)c(Cl)ccc3c2=O)sc1C. The van der Waals surface area contributed by atoms with Gasteiger partial charge in [-0.1, -0.05) is 11.6 Å². The van der Waals surface area contributed by atoms with E-state index < -0.39 is 5.91 Å². The summed E-state index contributed by atoms with van der Waals surface area (Å²) in [5.41, 5.74) is 1.99. The second kappa shape index (κ2) is 5.79. The van der Waals surface area contributed by atoms with Crippen LogP contribution in [0.3, 0.4) is 0 Å². The van der Waals surface area contributed by atoms with Gasteiger partial charge in [-0.25, -0.2) is 4.98 Å². The number of carbonyl (C=O) groups excluding carboxylic acids is 1. The smallest absolute Gasteiger partial charge is 0.262 e. The molecule has 0 spiro atoms. The van der Waals surface area contributed by atoms with E-state index in [2.05, 4.69) is 15.3 Å². The minimum atomic E-state index is -0.477. The van der Waals surface area contributed by atoms with Crippen LogP contribution in [-0.2, 0) is 0 Å². The maximum absolute atomic E-state index is 12.6. The Balaban J connectivity index is 2.03. The molecule has 0 fully saturated rings. The fourth-order valence-electron chi connectivity index (χ4n) is 2.28. The number of nitrogens with one attached hydrogen (secondary N) is 2. The first-order valence-electron chi connectivity index (χ1n) is 6.94. The van der Waals surface area contributed by atoms with Gasteiger partial charge in [0.15, 0.2) is 5.13 Å². The minimum Gasteiger partial charge on any atom is -0.360 e. The number of aromatic nitrogens is 2. The number of aromatic amines is 1. The van der Waals surface area contributed by atoms with Gasteiger partial charge in [0.05, 0.1) is 11.2 Å². The van der Waals surface area contributed by atoms with Gasteiger partial charge in [0, 0.05) is 21.5 Å². The lowest BCUT2D eigenvalue weighted by Crippen LogP contribution is -2.22. The molecule has 23 heavy (non-hydrogen) atoms. The summed E-state index contributed by atoms with van der Waals surface area (Å²) in [5, 5.41) is 4.16. The number of anilines is 1. The number of halogens is 1. The molecule has 1 amide bonds. The third kappa shape index (κ3) is 2.75. The third-order valence-corrected chi connectivity index (χ3v) is 5.14. The molecule has 118 valence electrons. The average molecular weight is 348 g/mol. The van der Waals surface area contributed by atoms with Crippen LogP contribution in [0.5, 0.6) is 0 Å². The molecule has 5 nitrogen and oxygen atoms in total. The molecule has 0 aliphatic heterocycles. The van der Waals surface area contributed by atoms with Crippen LogP contribution in [0.2, 0.25) is 5.02 Å². The summed E-state index contributed by atoms with van der Waals surface area (Å²) in [6.07, 6.45) is 1.41. The number of pyridine rings is 1. The van der Waals surface area contributed by atoms with Crippen molar-refractivity contribution in [2.24, 2.45) is 0 Å². The summed E-state index contributed by atoms with van der Waals surface area (Å²) in [6.45, 7) is 5.62. The number of hydrogen-bond acceptors (Lipinski definition) is 4. The molecule has 0 saturated heterocycles. The van der Waals surface area contributed by atoms with Crippen LogP contribution < -0.4 is 10.7 Å². The van der Waals surface area contributed by atoms with Gasteiger partial charge in [0.2, 0.25) is 5.43 Å². The summed E-state index contributed by atoms with van der Waals surface area (Å²) < 4.78 is 0. The lowest BCUT2D eigenvalue weighted by molar-refractivity contribution is 0.102. The third-order valence-electron chi connectivity index (χ3n) is 3.74. The molecule has 0 aliphatic carbocycles. The van der Waals surface area contributed by atoms with Crippen LogP contribution in [0.4, 0.5) is 5.13 Å². The number of fused-ring (bicyclic) bond motifs is 1. The molecule has 3 rings (SSSR count). The fourth-order valence-corrected chi connectivity index (χ4v) is 3.24. The van der Waals surface area contributed by atoms with E-state index in [1.807, 2.05) is 20.8 Å². The van der Waals surface area contributed by atoms with E-state index in [-0.39, 0.29) is 11.0 Å². The highest BCUT2D eigenvalue weighted by molar-refractivity contribution is 7.15. The van der Waals surface area contributed by atoms with Crippen molar-refractivity contribution in [2.75, 3.05) is 5.32 Å². The van der Waals surface area contributed by atoms with E-state index in [4.69, 9.17) is 11.6 Å². The number of rotatable bonds is 2. The molecule has 0 radical (unpaired) electrons. The normalized spacial score (nSPS) is 11.0. The Bertz CT molecular complexity index is 971. The highest BCUT2D eigenvalue weighted by Crippen LogP contribution is 2.23. The quantitative estimate of drug-likeness (QED) is 0.740. The number of amides is 1. The minimum absolute atomic E-state index is 0.0460. The fraction of sp³-hybridized carbons (Fsp3) is 0.188. The van der Waals surface area contributed by atoms with Crippen LogP contribution in [0.15, 0.2) is 23.1 Å². The summed E-state index contributed by atoms with van der Waals surface area (Å²) in [5.74, 6) is -0.477. The molecule has 2 N–H and O–H groups in total.